The van der Waals surface area contributed by atoms with Crippen LogP contribution >= 0.6 is 15.9 Å². The van der Waals surface area contributed by atoms with Gasteiger partial charge >= 0.3 is 5.97 Å². The van der Waals surface area contributed by atoms with Crippen molar-refractivity contribution in [3.8, 4) is 0 Å². The zero-order valence-corrected chi connectivity index (χ0v) is 20.3. The third-order valence-corrected chi connectivity index (χ3v) is 7.51. The summed E-state index contributed by atoms with van der Waals surface area (Å²) in [6.07, 6.45) is 2.98. The van der Waals surface area contributed by atoms with Gasteiger partial charge in [-0.05, 0) is 74.1 Å². The van der Waals surface area contributed by atoms with E-state index < -0.39 is 18.5 Å². The van der Waals surface area contributed by atoms with Crippen LogP contribution in [0.15, 0.2) is 58.6 Å². The van der Waals surface area contributed by atoms with Crippen molar-refractivity contribution in [3.63, 3.8) is 0 Å². The fourth-order valence-corrected chi connectivity index (χ4v) is 5.94. The Balaban J connectivity index is 1.25. The number of allylic oxidation sites excluding steroid dienone is 2. The maximum atomic E-state index is 13.2. The molecule has 1 N–H and O–H groups in total. The first-order valence-electron chi connectivity index (χ1n) is 11.1. The molecule has 7 nitrogen and oxygen atoms in total. The van der Waals surface area contributed by atoms with E-state index in [1.54, 1.807) is 24.3 Å². The van der Waals surface area contributed by atoms with Gasteiger partial charge in [-0.3, -0.25) is 14.4 Å². The van der Waals surface area contributed by atoms with E-state index in [9.17, 15) is 19.2 Å². The summed E-state index contributed by atoms with van der Waals surface area (Å²) in [4.78, 5) is 52.3. The monoisotopic (exact) mass is 522 g/mol. The molecule has 34 heavy (non-hydrogen) atoms. The van der Waals surface area contributed by atoms with Crippen LogP contribution in [0, 0.1) is 30.6 Å². The number of benzene rings is 2. The summed E-state index contributed by atoms with van der Waals surface area (Å²) in [5.41, 5.74) is 3.20. The fourth-order valence-electron chi connectivity index (χ4n) is 5.47. The minimum Gasteiger partial charge on any atom is -0.452 e. The molecule has 0 unspecified atom stereocenters. The van der Waals surface area contributed by atoms with Crippen LogP contribution in [0.4, 0.5) is 11.4 Å². The highest BCUT2D eigenvalue weighted by Gasteiger charge is 2.60. The number of hydrogen-bond acceptors (Lipinski definition) is 5. The number of fused-ring (bicyclic) bond motifs is 5. The molecule has 0 aromatic heterocycles. The maximum Gasteiger partial charge on any atom is 0.338 e. The third kappa shape index (κ3) is 3.76. The molecule has 1 aliphatic heterocycles. The number of anilines is 2. The summed E-state index contributed by atoms with van der Waals surface area (Å²) in [5, 5.41) is 2.71. The molecule has 3 amide bonds. The highest BCUT2D eigenvalue weighted by molar-refractivity contribution is 9.10. The van der Waals surface area contributed by atoms with Gasteiger partial charge in [0.25, 0.3) is 5.91 Å². The summed E-state index contributed by atoms with van der Waals surface area (Å²) in [5.74, 6) is -1.99. The highest BCUT2D eigenvalue weighted by atomic mass is 79.9. The van der Waals surface area contributed by atoms with Crippen LogP contribution < -0.4 is 10.2 Å². The Morgan fingerprint density at radius 1 is 1.09 bits per heavy atom. The van der Waals surface area contributed by atoms with Gasteiger partial charge in [0.15, 0.2) is 6.61 Å². The Hall–Kier alpha value is -3.26. The number of rotatable bonds is 5. The van der Waals surface area contributed by atoms with Crippen LogP contribution in [-0.4, -0.2) is 30.3 Å². The van der Waals surface area contributed by atoms with Crippen LogP contribution in [-0.2, 0) is 19.1 Å². The molecule has 1 saturated heterocycles. The summed E-state index contributed by atoms with van der Waals surface area (Å²) in [6.45, 7) is 3.42. The molecule has 1 saturated carbocycles. The normalized spacial score (nSPS) is 24.8. The van der Waals surface area contributed by atoms with Crippen molar-refractivity contribution in [3.05, 3.63) is 69.7 Å². The SMILES string of the molecule is CC1=C[C@H]2C[C@H]1[C@@H]1C(=O)N(c3cccc(C(=O)OCC(=O)Nc4ccc(Br)cc4C)c3)C(=O)[C@@H]12. The van der Waals surface area contributed by atoms with E-state index in [-0.39, 0.29) is 41.0 Å². The summed E-state index contributed by atoms with van der Waals surface area (Å²) in [7, 11) is 0. The van der Waals surface area contributed by atoms with Crippen LogP contribution in [0.25, 0.3) is 0 Å². The average Bonchev–Trinajstić information content (AvgIpc) is 3.44. The average molecular weight is 523 g/mol. The molecular weight excluding hydrogens is 500 g/mol. The zero-order chi connectivity index (χ0) is 24.1. The van der Waals surface area contributed by atoms with Crippen molar-refractivity contribution in [1.82, 2.24) is 0 Å². The molecule has 5 rings (SSSR count). The van der Waals surface area contributed by atoms with Gasteiger partial charge in [-0.1, -0.05) is 33.6 Å². The molecular formula is C26H23BrN2O5. The van der Waals surface area contributed by atoms with E-state index in [1.807, 2.05) is 19.9 Å². The summed E-state index contributed by atoms with van der Waals surface area (Å²) >= 11 is 3.37. The molecule has 2 aromatic carbocycles. The first-order chi connectivity index (χ1) is 16.2. The number of carbonyl (C=O) groups is 4. The van der Waals surface area contributed by atoms with Crippen LogP contribution in [0.3, 0.4) is 0 Å². The first-order valence-corrected chi connectivity index (χ1v) is 11.9. The second-order valence-corrected chi connectivity index (χ2v) is 10.0. The standard InChI is InChI=1S/C26H23BrN2O5/c1-13-8-16-11-19(13)23-22(16)24(31)29(25(23)32)18-5-3-4-15(10-18)26(33)34-12-21(30)28-20-7-6-17(27)9-14(20)2/h3-10,16,19,22-23H,11-12H2,1-2H3,(H,28,30)/t16-,19+,22+,23-/m0/s1. The van der Waals surface area contributed by atoms with Gasteiger partial charge in [0, 0.05) is 10.2 Å². The van der Waals surface area contributed by atoms with Gasteiger partial charge in [-0.15, -0.1) is 0 Å². The number of aryl methyl sites for hydroxylation is 1. The van der Waals surface area contributed by atoms with E-state index in [0.29, 0.717) is 11.4 Å². The topological polar surface area (TPSA) is 92.8 Å². The van der Waals surface area contributed by atoms with Crippen molar-refractivity contribution in [1.29, 1.82) is 0 Å². The van der Waals surface area contributed by atoms with Gasteiger partial charge in [-0.2, -0.15) is 0 Å². The lowest BCUT2D eigenvalue weighted by atomic mass is 9.82. The number of carbonyl (C=O) groups excluding carboxylic acids is 4. The number of nitrogens with one attached hydrogen (secondary N) is 1. The number of hydrogen-bond donors (Lipinski definition) is 1. The van der Waals surface area contributed by atoms with E-state index in [0.717, 1.165) is 16.5 Å². The summed E-state index contributed by atoms with van der Waals surface area (Å²) in [6, 6.07) is 11.7. The smallest absolute Gasteiger partial charge is 0.338 e. The second kappa shape index (κ2) is 8.51. The molecule has 2 fully saturated rings. The van der Waals surface area contributed by atoms with Crippen LogP contribution in [0.2, 0.25) is 0 Å². The van der Waals surface area contributed by atoms with Gasteiger partial charge in [0.05, 0.1) is 23.1 Å². The Labute approximate surface area is 205 Å². The van der Waals surface area contributed by atoms with E-state index >= 15 is 0 Å². The van der Waals surface area contributed by atoms with Crippen molar-refractivity contribution < 1.29 is 23.9 Å². The molecule has 0 spiro atoms. The lowest BCUT2D eigenvalue weighted by Gasteiger charge is -2.19. The number of esters is 1. The predicted octanol–water partition coefficient (Wildman–Crippen LogP) is 4.25. The van der Waals surface area contributed by atoms with Gasteiger partial charge in [0.1, 0.15) is 0 Å². The maximum absolute atomic E-state index is 13.2. The number of halogens is 1. The number of imide groups is 1. The summed E-state index contributed by atoms with van der Waals surface area (Å²) < 4.78 is 6.07. The Kier molecular flexibility index (Phi) is 5.64. The van der Waals surface area contributed by atoms with E-state index in [1.165, 1.54) is 22.6 Å². The fraction of sp³-hybridized carbons (Fsp3) is 0.308. The van der Waals surface area contributed by atoms with E-state index in [4.69, 9.17) is 4.74 Å². The molecule has 1 heterocycles. The van der Waals surface area contributed by atoms with Gasteiger partial charge < -0.3 is 10.1 Å². The Morgan fingerprint density at radius 2 is 1.85 bits per heavy atom. The second-order valence-electron chi connectivity index (χ2n) is 9.11. The van der Waals surface area contributed by atoms with Crippen molar-refractivity contribution in [2.75, 3.05) is 16.8 Å². The third-order valence-electron chi connectivity index (χ3n) is 7.02. The molecule has 2 bridgehead atoms. The number of amides is 3. The van der Waals surface area contributed by atoms with Crippen LogP contribution in [0.5, 0.6) is 0 Å². The minimum atomic E-state index is -0.707. The molecule has 4 atom stereocenters. The molecule has 0 radical (unpaired) electrons. The lowest BCUT2D eigenvalue weighted by Crippen LogP contribution is -2.33. The van der Waals surface area contributed by atoms with E-state index in [2.05, 4.69) is 27.3 Å². The molecule has 2 aliphatic carbocycles. The van der Waals surface area contributed by atoms with Crippen molar-refractivity contribution >= 4 is 51.0 Å². The lowest BCUT2D eigenvalue weighted by molar-refractivity contribution is -0.123. The minimum absolute atomic E-state index is 0.109. The Bertz CT molecular complexity index is 1270. The zero-order valence-electron chi connectivity index (χ0n) is 18.7. The molecule has 2 aromatic rings. The largest absolute Gasteiger partial charge is 0.452 e. The number of ether oxygens (including phenoxy) is 1. The number of nitrogens with zero attached hydrogens (tertiary/aromatic N) is 1. The quantitative estimate of drug-likeness (QED) is 0.360. The van der Waals surface area contributed by atoms with Crippen LogP contribution in [0.1, 0.15) is 29.3 Å². The van der Waals surface area contributed by atoms with Crippen molar-refractivity contribution in [2.45, 2.75) is 20.3 Å². The van der Waals surface area contributed by atoms with Gasteiger partial charge in [-0.25, -0.2) is 9.69 Å². The Morgan fingerprint density at radius 3 is 2.62 bits per heavy atom. The molecule has 8 heteroatoms. The molecule has 3 aliphatic rings. The molecule has 174 valence electrons. The predicted molar refractivity (Wildman–Crippen MR) is 129 cm³/mol. The van der Waals surface area contributed by atoms with Crippen molar-refractivity contribution in [2.24, 2.45) is 23.7 Å². The first kappa shape index (κ1) is 22.5. The van der Waals surface area contributed by atoms with Gasteiger partial charge in [0.2, 0.25) is 11.8 Å². The highest BCUT2D eigenvalue weighted by Crippen LogP contribution is 2.55.